The first-order chi connectivity index (χ1) is 25.4. The van der Waals surface area contributed by atoms with Gasteiger partial charge in [0, 0.05) is 12.8 Å². The number of rotatable bonds is 15. The standard InChI is InChI=1S/C31H53NO22/c1-10-13(38)4-31(48-9-36,54-26(10)19(40)14(39)5-33)47-8-17-21(42)23(44)25(46)30(51-17)53-28-16(7-35)50-29(18(22(28)43)32-12(3)37)52-27-11(2)49-15(6-34)20(41)24(27)45/h9-11,13-30,33-35,38-46H,4-8H2,1-3H3,(H,32,37). The molecule has 4 heterocycles. The summed E-state index contributed by atoms with van der Waals surface area (Å²) in [4.78, 5) is 23.7. The van der Waals surface area contributed by atoms with Crippen LogP contribution in [-0.2, 0) is 47.5 Å². The monoisotopic (exact) mass is 791 g/mol. The maximum atomic E-state index is 12.2. The number of hydrogen-bond acceptors (Lipinski definition) is 22. The number of aliphatic hydroxyl groups excluding tert-OH is 12. The first kappa shape index (κ1) is 44.9. The van der Waals surface area contributed by atoms with Gasteiger partial charge in [0.05, 0.1) is 51.2 Å². The molecule has 314 valence electrons. The molecule has 1 amide bonds. The Bertz CT molecular complexity index is 1210. The quantitative estimate of drug-likeness (QED) is 0.0541. The molecule has 0 bridgehead atoms. The van der Waals surface area contributed by atoms with Gasteiger partial charge in [-0.15, -0.1) is 0 Å². The van der Waals surface area contributed by atoms with Crippen LogP contribution in [0.4, 0.5) is 0 Å². The summed E-state index contributed by atoms with van der Waals surface area (Å²) in [6, 6.07) is -1.51. The second-order valence-corrected chi connectivity index (χ2v) is 13.9. The smallest absolute Gasteiger partial charge is 0.332 e. The van der Waals surface area contributed by atoms with Gasteiger partial charge in [-0.05, 0) is 6.92 Å². The molecule has 0 aliphatic carbocycles. The Kier molecular flexibility index (Phi) is 15.9. The van der Waals surface area contributed by atoms with Crippen molar-refractivity contribution in [1.82, 2.24) is 5.32 Å². The number of carbonyl (C=O) groups excluding carboxylic acids is 2. The van der Waals surface area contributed by atoms with Crippen molar-refractivity contribution < 1.29 is 109 Å². The summed E-state index contributed by atoms with van der Waals surface area (Å²) in [7, 11) is 0. The Hall–Kier alpha value is -1.82. The number of carbonyl (C=O) groups is 2. The van der Waals surface area contributed by atoms with Crippen molar-refractivity contribution in [2.24, 2.45) is 5.92 Å². The molecule has 4 fully saturated rings. The zero-order valence-corrected chi connectivity index (χ0v) is 29.6. The van der Waals surface area contributed by atoms with Gasteiger partial charge in [0.25, 0.3) is 6.47 Å². The Morgan fingerprint density at radius 1 is 0.815 bits per heavy atom. The third-order valence-electron chi connectivity index (χ3n) is 10.1. The second-order valence-electron chi connectivity index (χ2n) is 13.9. The summed E-state index contributed by atoms with van der Waals surface area (Å²) in [6.07, 6.45) is -29.8. The van der Waals surface area contributed by atoms with Crippen LogP contribution in [0.3, 0.4) is 0 Å². The Morgan fingerprint density at radius 2 is 1.43 bits per heavy atom. The van der Waals surface area contributed by atoms with Crippen LogP contribution in [0.5, 0.6) is 0 Å². The highest BCUT2D eigenvalue weighted by atomic mass is 16.9. The van der Waals surface area contributed by atoms with E-state index in [0.29, 0.717) is 0 Å². The maximum Gasteiger partial charge on any atom is 0.332 e. The fourth-order valence-electron chi connectivity index (χ4n) is 6.90. The Balaban J connectivity index is 1.52. The van der Waals surface area contributed by atoms with E-state index < -0.39 is 167 Å². The predicted octanol–water partition coefficient (Wildman–Crippen LogP) is -8.01. The van der Waals surface area contributed by atoms with Crippen molar-refractivity contribution in [3.63, 3.8) is 0 Å². The molecular weight excluding hydrogens is 738 g/mol. The van der Waals surface area contributed by atoms with Crippen LogP contribution in [0.1, 0.15) is 27.2 Å². The summed E-state index contributed by atoms with van der Waals surface area (Å²) < 4.78 is 45.0. The summed E-state index contributed by atoms with van der Waals surface area (Å²) in [5.74, 6) is -4.05. The van der Waals surface area contributed by atoms with Crippen LogP contribution in [0, 0.1) is 5.92 Å². The van der Waals surface area contributed by atoms with Gasteiger partial charge in [-0.3, -0.25) is 9.59 Å². The molecule has 0 radical (unpaired) electrons. The Morgan fingerprint density at radius 3 is 2.02 bits per heavy atom. The summed E-state index contributed by atoms with van der Waals surface area (Å²) in [5, 5.41) is 128. The fraction of sp³-hybridized carbons (Fsp3) is 0.935. The molecule has 4 aliphatic heterocycles. The van der Waals surface area contributed by atoms with Gasteiger partial charge in [-0.1, -0.05) is 6.92 Å². The largest absolute Gasteiger partial charge is 0.410 e. The molecule has 4 aliphatic rings. The van der Waals surface area contributed by atoms with Crippen molar-refractivity contribution in [3.05, 3.63) is 0 Å². The van der Waals surface area contributed by atoms with Gasteiger partial charge in [0.2, 0.25) is 5.91 Å². The van der Waals surface area contributed by atoms with Crippen molar-refractivity contribution in [1.29, 1.82) is 0 Å². The van der Waals surface area contributed by atoms with Crippen molar-refractivity contribution in [3.8, 4) is 0 Å². The number of amides is 1. The highest BCUT2D eigenvalue weighted by Crippen LogP contribution is 2.38. The van der Waals surface area contributed by atoms with E-state index in [1.54, 1.807) is 0 Å². The topological polar surface area (TPSA) is 363 Å². The molecule has 0 aromatic carbocycles. The summed E-state index contributed by atoms with van der Waals surface area (Å²) in [5.41, 5.74) is 0. The maximum absolute atomic E-state index is 12.2. The van der Waals surface area contributed by atoms with E-state index in [9.17, 15) is 70.9 Å². The molecular formula is C31H53NO22. The number of nitrogens with one attached hydrogen (secondary N) is 1. The molecule has 23 nitrogen and oxygen atoms in total. The van der Waals surface area contributed by atoms with Crippen molar-refractivity contribution >= 4 is 12.4 Å². The highest BCUT2D eigenvalue weighted by molar-refractivity contribution is 5.73. The number of hydrogen-bond donors (Lipinski definition) is 13. The van der Waals surface area contributed by atoms with Crippen LogP contribution >= 0.6 is 0 Å². The highest BCUT2D eigenvalue weighted by Gasteiger charge is 2.55. The third-order valence-corrected chi connectivity index (χ3v) is 10.1. The normalized spacial score (nSPS) is 47.0. The van der Waals surface area contributed by atoms with Gasteiger partial charge in [-0.2, -0.15) is 0 Å². The average Bonchev–Trinajstić information content (AvgIpc) is 3.14. The predicted molar refractivity (Wildman–Crippen MR) is 169 cm³/mol. The van der Waals surface area contributed by atoms with Gasteiger partial charge < -0.3 is 104 Å². The molecule has 21 atom stereocenters. The molecule has 13 N–H and O–H groups in total. The molecule has 54 heavy (non-hydrogen) atoms. The van der Waals surface area contributed by atoms with Crippen LogP contribution in [0.15, 0.2) is 0 Å². The minimum atomic E-state index is -2.46. The van der Waals surface area contributed by atoms with Crippen molar-refractivity contribution in [2.45, 2.75) is 149 Å². The van der Waals surface area contributed by atoms with Crippen molar-refractivity contribution in [2.75, 3.05) is 26.4 Å². The average molecular weight is 792 g/mol. The number of ether oxygens (including phenoxy) is 8. The van der Waals surface area contributed by atoms with Gasteiger partial charge in [0.15, 0.2) is 12.6 Å². The molecule has 23 heteroatoms. The molecule has 0 spiro atoms. The lowest BCUT2D eigenvalue weighted by Crippen LogP contribution is -2.69. The number of aliphatic hydroxyl groups is 12. The molecule has 4 saturated heterocycles. The van der Waals surface area contributed by atoms with E-state index in [1.165, 1.54) is 13.8 Å². The van der Waals surface area contributed by atoms with Gasteiger partial charge in [-0.25, -0.2) is 0 Å². The van der Waals surface area contributed by atoms with E-state index in [0.717, 1.165) is 6.92 Å². The molecule has 21 unspecified atom stereocenters. The lowest BCUT2D eigenvalue weighted by atomic mass is 9.87. The molecule has 0 saturated carbocycles. The molecule has 0 aromatic heterocycles. The minimum absolute atomic E-state index is 0.101. The van der Waals surface area contributed by atoms with Crippen LogP contribution in [0.25, 0.3) is 0 Å². The van der Waals surface area contributed by atoms with Crippen LogP contribution in [-0.4, -0.2) is 222 Å². The van der Waals surface area contributed by atoms with E-state index in [-0.39, 0.29) is 6.47 Å². The lowest BCUT2D eigenvalue weighted by Gasteiger charge is -2.49. The first-order valence-electron chi connectivity index (χ1n) is 17.4. The SMILES string of the molecule is CC(=O)NC1C(OC2C(C)OC(CO)C(O)C2O)OC(CO)C(OC2OC(COC3(OC=O)CC(O)C(C)C(C(O)C(O)CO)O3)C(O)C(O)C2O)C1O. The van der Waals surface area contributed by atoms with Crippen LogP contribution < -0.4 is 5.32 Å². The van der Waals surface area contributed by atoms with Gasteiger partial charge >= 0.3 is 5.97 Å². The van der Waals surface area contributed by atoms with Crippen LogP contribution in [0.2, 0.25) is 0 Å². The van der Waals surface area contributed by atoms with Gasteiger partial charge in [0.1, 0.15) is 85.4 Å². The zero-order chi connectivity index (χ0) is 40.2. The fourth-order valence-corrected chi connectivity index (χ4v) is 6.90. The molecule has 0 aromatic rings. The summed E-state index contributed by atoms with van der Waals surface area (Å²) in [6.45, 7) is 0.690. The lowest BCUT2D eigenvalue weighted by molar-refractivity contribution is -0.424. The molecule has 4 rings (SSSR count). The van der Waals surface area contributed by atoms with E-state index >= 15 is 0 Å². The van der Waals surface area contributed by atoms with E-state index in [4.69, 9.17) is 37.9 Å². The minimum Gasteiger partial charge on any atom is -0.410 e. The van der Waals surface area contributed by atoms with E-state index in [1.807, 2.05) is 0 Å². The zero-order valence-electron chi connectivity index (χ0n) is 29.6. The first-order valence-corrected chi connectivity index (χ1v) is 17.4. The Labute approximate surface area is 308 Å². The second kappa shape index (κ2) is 19.1. The third kappa shape index (κ3) is 9.64. The summed E-state index contributed by atoms with van der Waals surface area (Å²) >= 11 is 0. The van der Waals surface area contributed by atoms with E-state index in [2.05, 4.69) is 5.32 Å².